The Morgan fingerprint density at radius 3 is 1.09 bits per heavy atom. The topological polar surface area (TPSA) is 321 Å². The van der Waals surface area contributed by atoms with Crippen LogP contribution in [0.3, 0.4) is 0 Å². The van der Waals surface area contributed by atoms with Gasteiger partial charge in [-0.25, -0.2) is 38.4 Å². The number of halogens is 15. The second kappa shape index (κ2) is 37.4. The summed E-state index contributed by atoms with van der Waals surface area (Å²) in [5.41, 5.74) is 1.11. The van der Waals surface area contributed by atoms with E-state index in [-0.39, 0.29) is 92.7 Å². The van der Waals surface area contributed by atoms with Crippen LogP contribution in [0.5, 0.6) is 28.7 Å². The second-order valence-corrected chi connectivity index (χ2v) is 36.9. The molecule has 6 heterocycles. The predicted molar refractivity (Wildman–Crippen MR) is 439 cm³/mol. The number of fused-ring (bicyclic) bond motifs is 6. The lowest BCUT2D eigenvalue weighted by atomic mass is 9.98. The number of ether oxygens (including phenoxy) is 4. The summed E-state index contributed by atoms with van der Waals surface area (Å²) in [6.07, 6.45) is -5.89. The van der Waals surface area contributed by atoms with Crippen molar-refractivity contribution in [3.8, 4) is 28.7 Å². The number of hydrogen-bond donors (Lipinski definition) is 2. The molecule has 0 aliphatic carbocycles. The zero-order valence-electron chi connectivity index (χ0n) is 68.1. The first-order valence-electron chi connectivity index (χ1n) is 37.3. The molecule has 128 heavy (non-hydrogen) atoms. The molecule has 3 aliphatic rings. The number of alkyl halides is 12. The molecule has 0 atom stereocenters. The van der Waals surface area contributed by atoms with Crippen molar-refractivity contribution in [2.24, 2.45) is 0 Å². The average Bonchev–Trinajstić information content (AvgIpc) is 1.49. The van der Waals surface area contributed by atoms with E-state index in [9.17, 15) is 119 Å². The molecule has 3 aliphatic heterocycles. The predicted octanol–water partition coefficient (Wildman–Crippen LogP) is 14.7. The van der Waals surface area contributed by atoms with Crippen molar-refractivity contribution in [2.75, 3.05) is 86.7 Å². The summed E-state index contributed by atoms with van der Waals surface area (Å²) in [5.74, 6) is -2.55. The Labute approximate surface area is 721 Å². The van der Waals surface area contributed by atoms with Crippen molar-refractivity contribution in [1.82, 2.24) is 30.1 Å². The number of aromatic hydroxyl groups is 1. The van der Waals surface area contributed by atoms with Crippen molar-refractivity contribution in [3.05, 3.63) is 253 Å². The highest BCUT2D eigenvalue weighted by Gasteiger charge is 2.50. The van der Waals surface area contributed by atoms with Gasteiger partial charge in [0.15, 0.2) is 23.9 Å². The largest absolute Gasteiger partial charge is 0.523 e. The Hall–Kier alpha value is -12.5. The molecule has 8 aromatic carbocycles. The van der Waals surface area contributed by atoms with Crippen molar-refractivity contribution in [1.29, 1.82) is 0 Å². The lowest BCUT2D eigenvalue weighted by molar-refractivity contribution is -0.156. The maximum atomic E-state index is 13.5. The van der Waals surface area contributed by atoms with Crippen LogP contribution in [0.2, 0.25) is 0 Å². The normalized spacial score (nSPS) is 13.5. The summed E-state index contributed by atoms with van der Waals surface area (Å²) < 4.78 is 311. The number of amides is 3. The molecule has 11 aromatic rings. The van der Waals surface area contributed by atoms with Crippen LogP contribution in [0.25, 0.3) is 32.7 Å². The third-order valence-electron chi connectivity index (χ3n) is 19.9. The van der Waals surface area contributed by atoms with Crippen LogP contribution >= 0.6 is 0 Å². The molecular formula is C83H74F15N9O17S4. The van der Waals surface area contributed by atoms with E-state index in [1.165, 1.54) is 81.3 Å². The van der Waals surface area contributed by atoms with Crippen molar-refractivity contribution < 1.29 is 142 Å². The van der Waals surface area contributed by atoms with Gasteiger partial charge >= 0.3 is 34.2 Å². The minimum atomic E-state index is -6.15. The average molecular weight is 1880 g/mol. The number of phenols is 1. The highest BCUT2D eigenvalue weighted by Crippen LogP contribution is 2.49. The lowest BCUT2D eigenvalue weighted by Gasteiger charge is -2.24. The van der Waals surface area contributed by atoms with E-state index >= 15 is 0 Å². The van der Waals surface area contributed by atoms with Crippen molar-refractivity contribution >= 4 is 108 Å². The third-order valence-corrected chi connectivity index (χ3v) is 24.5. The highest BCUT2D eigenvalue weighted by molar-refractivity contribution is 7.92. The first-order valence-corrected chi connectivity index (χ1v) is 44.3. The maximum absolute atomic E-state index is 13.5. The van der Waals surface area contributed by atoms with E-state index in [0.29, 0.717) is 85.2 Å². The fourth-order valence-corrected chi connectivity index (χ4v) is 15.9. The van der Waals surface area contributed by atoms with Gasteiger partial charge in [-0.2, -0.15) is 61.1 Å². The Kier molecular flexibility index (Phi) is 28.1. The molecule has 3 amide bonds. The second-order valence-electron chi connectivity index (χ2n) is 29.2. The van der Waals surface area contributed by atoms with Gasteiger partial charge in [-0.3, -0.25) is 46.4 Å². The summed E-state index contributed by atoms with van der Waals surface area (Å²) in [6.45, 7) is -6.33. The van der Waals surface area contributed by atoms with Crippen LogP contribution in [-0.4, -0.2) is 179 Å². The summed E-state index contributed by atoms with van der Waals surface area (Å²) in [7, 11) is -10.6. The number of carbonyl (C=O) groups excluding carboxylic acids is 3. The van der Waals surface area contributed by atoms with E-state index in [2.05, 4.69) is 24.5 Å². The molecule has 0 spiro atoms. The smallest absolute Gasteiger partial charge is 0.505 e. The van der Waals surface area contributed by atoms with Crippen LogP contribution in [-0.2, 0) is 96.5 Å². The van der Waals surface area contributed by atoms with Crippen LogP contribution < -0.4 is 37.2 Å². The number of nitrogens with one attached hydrogen (secondary N) is 1. The number of hydrogen-bond acceptors (Lipinski definition) is 20. The number of aromatic nitrogens is 3. The molecule has 14 rings (SSSR count). The Morgan fingerprint density at radius 1 is 0.430 bits per heavy atom. The van der Waals surface area contributed by atoms with E-state index in [4.69, 9.17) is 18.9 Å². The molecule has 26 nitrogen and oxygen atoms in total. The van der Waals surface area contributed by atoms with Gasteiger partial charge in [0.05, 0.1) is 66.7 Å². The molecule has 682 valence electrons. The number of methoxy groups -OCH3 is 2. The zero-order chi connectivity index (χ0) is 94.0. The summed E-state index contributed by atoms with van der Waals surface area (Å²) in [6, 6.07) is 37.0. The number of benzene rings is 8. The fraction of sp³-hybridized carbons (Fsp3) is 0.277. The number of phenolic OH excluding ortho intramolecular Hbond substituents is 1. The third kappa shape index (κ3) is 22.7. The zero-order valence-corrected chi connectivity index (χ0v) is 71.4. The fourth-order valence-electron chi connectivity index (χ4n) is 13.8. The number of rotatable bonds is 24. The van der Waals surface area contributed by atoms with E-state index in [0.717, 1.165) is 55.2 Å². The van der Waals surface area contributed by atoms with Crippen molar-refractivity contribution in [3.63, 3.8) is 0 Å². The summed E-state index contributed by atoms with van der Waals surface area (Å²) in [4.78, 5) is 53.7. The minimum absolute atomic E-state index is 0.0308. The van der Waals surface area contributed by atoms with Crippen molar-refractivity contribution in [2.45, 2.75) is 76.1 Å². The van der Waals surface area contributed by atoms with Crippen LogP contribution in [0.1, 0.15) is 92.3 Å². The Balaban J connectivity index is 0.000000175. The summed E-state index contributed by atoms with van der Waals surface area (Å²) in [5, 5.41) is 14.5. The van der Waals surface area contributed by atoms with E-state index in [1.807, 2.05) is 30.3 Å². The van der Waals surface area contributed by atoms with Gasteiger partial charge in [0.1, 0.15) is 71.8 Å². The number of nitrogens with zero attached hydrogens (tertiary/aromatic N) is 8. The Morgan fingerprint density at radius 2 is 0.750 bits per heavy atom. The van der Waals surface area contributed by atoms with Crippen LogP contribution in [0.4, 0.5) is 82.9 Å². The highest BCUT2D eigenvalue weighted by atomic mass is 32.2. The van der Waals surface area contributed by atoms with E-state index < -0.39 is 132 Å². The molecule has 0 saturated carbocycles. The first-order chi connectivity index (χ1) is 59.6. The molecular weight excluding hydrogens is 1810 g/mol. The van der Waals surface area contributed by atoms with Gasteiger partial charge in [0, 0.05) is 92.2 Å². The first kappa shape index (κ1) is 96.2. The molecule has 45 heteroatoms. The van der Waals surface area contributed by atoms with Gasteiger partial charge in [-0.1, -0.05) is 60.7 Å². The van der Waals surface area contributed by atoms with Gasteiger partial charge in [0.2, 0.25) is 30.1 Å². The van der Waals surface area contributed by atoms with Crippen LogP contribution in [0.15, 0.2) is 158 Å². The molecule has 0 saturated heterocycles. The SMILES string of the molecule is CN(c1c2c(c(O)c3ncc(Cc4ccc(F)cc4)cc13)C(=O)N(CC(F)(F)F)C2)S(C)(=O)=O.COc1ccc(COc2c3c(c(N(C)S(C)(=O)=O)c4cc(Cc5ccc(F)cc5)cnc24)CN(CC(F)(F)F)C3=O)cc1.COc1ccc(COc2c3c(c(N(C)S(C)(=O)=O)c4cc(Cc5ccc(F)cc5)cnc24)CNC3=O)cc1.O=S(=O)(OCC(F)(F)F)C(F)(F)F. The molecule has 0 fully saturated rings. The van der Waals surface area contributed by atoms with Gasteiger partial charge < -0.3 is 39.2 Å². The summed E-state index contributed by atoms with van der Waals surface area (Å²) >= 11 is 0. The lowest BCUT2D eigenvalue weighted by Crippen LogP contribution is -2.34. The molecule has 0 bridgehead atoms. The van der Waals surface area contributed by atoms with Gasteiger partial charge in [-0.15, -0.1) is 0 Å². The van der Waals surface area contributed by atoms with E-state index in [1.54, 1.807) is 86.1 Å². The van der Waals surface area contributed by atoms with Crippen LogP contribution in [0, 0.1) is 17.5 Å². The number of anilines is 3. The van der Waals surface area contributed by atoms with Gasteiger partial charge in [-0.05, 0) is 143 Å². The maximum Gasteiger partial charge on any atom is 0.523 e. The molecule has 0 radical (unpaired) electrons. The Bertz CT molecular complexity index is 6570. The molecule has 3 aromatic heterocycles. The standard InChI is InChI=1S/C30H27F4N3O5S.C28H26FN3O5S.C22H19F4N3O4S.C3H2F6O3S/c1-36(43(3,39)40)27-23-13-20(12-18-4-8-21(31)9-5-18)14-35-26(23)28(42-16-19-6-10-22(41-2)11-7-19)25-24(27)15-37(29(25)38)17-30(32,33)34;1-32(38(3,34)35)26-22-13-19(12-17-4-8-20(29)9-5-17)14-30-25(22)27(24-23(26)15-31-28(24)33)37-16-18-6-10-21(36-2)11-7-18;1-28(34(2,32)33)19-15-8-13(7-12-3-5-14(23)6-4-12)9-27-18(15)20(30)17-16(19)10-29(21(17)31)11-22(24,25)26;4-2(5,6)1-12-13(10,11)3(7,8)9/h4-11,13-14H,12,15-17H2,1-3H3;4-11,13-14H,12,15-16H2,1-3H3,(H,31,33);3-6,8-9,30H,7,10-11H2,1-2H3;1H2. The monoisotopic (exact) mass is 1880 g/mol. The minimum Gasteiger partial charge on any atom is -0.505 e. The number of carbonyl (C=O) groups is 3. The number of pyridine rings is 3. The number of sulfonamides is 3. The van der Waals surface area contributed by atoms with Gasteiger partial charge in [0.25, 0.3) is 17.7 Å². The molecule has 2 N–H and O–H groups in total. The molecule has 0 unspecified atom stereocenters. The quantitative estimate of drug-likeness (QED) is 0.0322.